The summed E-state index contributed by atoms with van der Waals surface area (Å²) >= 11 is 0. The summed E-state index contributed by atoms with van der Waals surface area (Å²) in [6.07, 6.45) is 7.26. The number of hydrogen-bond acceptors (Lipinski definition) is 6. The van der Waals surface area contributed by atoms with Gasteiger partial charge in [-0.2, -0.15) is 4.98 Å². The maximum Gasteiger partial charge on any atom is 0.228 e. The number of nitrogens with zero attached hydrogens (tertiary/aromatic N) is 3. The Morgan fingerprint density at radius 3 is 2.45 bits per heavy atom. The van der Waals surface area contributed by atoms with E-state index in [0.29, 0.717) is 11.5 Å². The summed E-state index contributed by atoms with van der Waals surface area (Å²) in [6.45, 7) is 0. The lowest BCUT2D eigenvalue weighted by molar-refractivity contribution is -0.123. The SMILES string of the molecule is CN(C)c1ccnc(NC2CCC(NC(=O)C(CC(=O)c3ccccc3)c3c[nH]c4ccccc34)CC2)n1. The van der Waals surface area contributed by atoms with Gasteiger partial charge in [0.15, 0.2) is 5.78 Å². The van der Waals surface area contributed by atoms with Crippen LogP contribution in [0.5, 0.6) is 0 Å². The van der Waals surface area contributed by atoms with E-state index >= 15 is 0 Å². The Kier molecular flexibility index (Phi) is 7.67. The van der Waals surface area contributed by atoms with E-state index in [0.717, 1.165) is 48.0 Å². The monoisotopic (exact) mass is 510 g/mol. The van der Waals surface area contributed by atoms with Crippen molar-refractivity contribution in [3.8, 4) is 0 Å². The molecule has 2 heterocycles. The van der Waals surface area contributed by atoms with Crippen molar-refractivity contribution < 1.29 is 9.59 Å². The summed E-state index contributed by atoms with van der Waals surface area (Å²) in [5.74, 6) is 0.776. The molecule has 1 unspecified atom stereocenters. The minimum Gasteiger partial charge on any atom is -0.363 e. The highest BCUT2D eigenvalue weighted by Gasteiger charge is 2.30. The van der Waals surface area contributed by atoms with Crippen molar-refractivity contribution in [1.29, 1.82) is 0 Å². The molecule has 0 saturated heterocycles. The molecule has 0 aliphatic heterocycles. The number of fused-ring (bicyclic) bond motifs is 1. The summed E-state index contributed by atoms with van der Waals surface area (Å²) in [4.78, 5) is 41.0. The number of benzene rings is 2. The van der Waals surface area contributed by atoms with Gasteiger partial charge in [0.25, 0.3) is 0 Å². The van der Waals surface area contributed by atoms with Crippen LogP contribution in [0.25, 0.3) is 10.9 Å². The molecule has 2 aromatic carbocycles. The Bertz CT molecular complexity index is 1390. The van der Waals surface area contributed by atoms with E-state index in [-0.39, 0.29) is 30.2 Å². The Hall–Kier alpha value is -4.20. The van der Waals surface area contributed by atoms with Gasteiger partial charge in [-0.3, -0.25) is 9.59 Å². The summed E-state index contributed by atoms with van der Waals surface area (Å²) in [5.41, 5.74) is 2.44. The molecule has 1 atom stereocenters. The molecular weight excluding hydrogens is 476 g/mol. The van der Waals surface area contributed by atoms with Crippen molar-refractivity contribution in [2.45, 2.75) is 50.1 Å². The first-order valence-corrected chi connectivity index (χ1v) is 13.2. The van der Waals surface area contributed by atoms with Gasteiger partial charge >= 0.3 is 0 Å². The number of amides is 1. The first-order chi connectivity index (χ1) is 18.5. The normalized spacial score (nSPS) is 18.1. The molecule has 196 valence electrons. The summed E-state index contributed by atoms with van der Waals surface area (Å²) in [5, 5.41) is 7.69. The number of carbonyl (C=O) groups excluding carboxylic acids is 2. The fraction of sp³-hybridized carbons (Fsp3) is 0.333. The highest BCUT2D eigenvalue weighted by Crippen LogP contribution is 2.30. The van der Waals surface area contributed by atoms with Gasteiger partial charge in [0.1, 0.15) is 5.82 Å². The average Bonchev–Trinajstić information content (AvgIpc) is 3.37. The summed E-state index contributed by atoms with van der Waals surface area (Å²) in [7, 11) is 3.91. The Morgan fingerprint density at radius 1 is 0.974 bits per heavy atom. The molecule has 2 aromatic heterocycles. The molecule has 1 aliphatic rings. The fourth-order valence-electron chi connectivity index (χ4n) is 5.19. The Balaban J connectivity index is 1.26. The Labute approximate surface area is 222 Å². The van der Waals surface area contributed by atoms with E-state index in [1.807, 2.05) is 73.7 Å². The quantitative estimate of drug-likeness (QED) is 0.276. The maximum atomic E-state index is 13.7. The van der Waals surface area contributed by atoms with Crippen LogP contribution in [-0.4, -0.2) is 52.8 Å². The van der Waals surface area contributed by atoms with Crippen molar-refractivity contribution in [2.24, 2.45) is 0 Å². The third-order valence-electron chi connectivity index (χ3n) is 7.30. The number of H-pyrrole nitrogens is 1. The molecule has 5 rings (SSSR count). The van der Waals surface area contributed by atoms with Crippen LogP contribution in [0.15, 0.2) is 73.1 Å². The fourth-order valence-corrected chi connectivity index (χ4v) is 5.19. The molecule has 1 aliphatic carbocycles. The predicted octanol–water partition coefficient (Wildman–Crippen LogP) is 4.92. The number of aromatic nitrogens is 3. The van der Waals surface area contributed by atoms with Crippen LogP contribution in [0.4, 0.5) is 11.8 Å². The standard InChI is InChI=1S/C30H34N6O2/c1-36(2)28-16-17-31-30(35-28)34-22-14-12-21(13-15-22)33-29(38)24(18-27(37)20-8-4-3-5-9-20)25-19-32-26-11-7-6-10-23(25)26/h3-11,16-17,19,21-22,24,32H,12-15,18H2,1-2H3,(H,33,38)(H,31,34,35). The van der Waals surface area contributed by atoms with Crippen LogP contribution >= 0.6 is 0 Å². The first-order valence-electron chi connectivity index (χ1n) is 13.2. The zero-order valence-corrected chi connectivity index (χ0v) is 21.9. The van der Waals surface area contributed by atoms with Crippen LogP contribution in [0, 0.1) is 0 Å². The largest absolute Gasteiger partial charge is 0.363 e. The van der Waals surface area contributed by atoms with E-state index in [9.17, 15) is 9.59 Å². The van der Waals surface area contributed by atoms with Gasteiger partial charge in [0.2, 0.25) is 11.9 Å². The predicted molar refractivity (Wildman–Crippen MR) is 151 cm³/mol. The van der Waals surface area contributed by atoms with Crippen LogP contribution in [0.1, 0.15) is 53.9 Å². The van der Waals surface area contributed by atoms with Crippen LogP contribution in [-0.2, 0) is 4.79 Å². The van der Waals surface area contributed by atoms with Gasteiger partial charge in [-0.05, 0) is 43.4 Å². The van der Waals surface area contributed by atoms with Crippen molar-refractivity contribution in [3.05, 3.63) is 84.2 Å². The van der Waals surface area contributed by atoms with Crippen molar-refractivity contribution >= 4 is 34.4 Å². The zero-order valence-electron chi connectivity index (χ0n) is 21.9. The molecule has 0 bridgehead atoms. The van der Waals surface area contributed by atoms with Gasteiger partial charge < -0.3 is 20.5 Å². The minimum absolute atomic E-state index is 0.0381. The van der Waals surface area contributed by atoms with E-state index in [1.165, 1.54) is 0 Å². The second-order valence-electron chi connectivity index (χ2n) is 10.2. The van der Waals surface area contributed by atoms with E-state index in [1.54, 1.807) is 18.3 Å². The maximum absolute atomic E-state index is 13.7. The number of aromatic amines is 1. The smallest absolute Gasteiger partial charge is 0.228 e. The van der Waals surface area contributed by atoms with Gasteiger partial charge in [-0.15, -0.1) is 0 Å². The van der Waals surface area contributed by atoms with E-state index in [2.05, 4.69) is 25.6 Å². The van der Waals surface area contributed by atoms with Gasteiger partial charge in [0, 0.05) is 61.5 Å². The van der Waals surface area contributed by atoms with Crippen molar-refractivity contribution in [3.63, 3.8) is 0 Å². The first kappa shape index (κ1) is 25.4. The lowest BCUT2D eigenvalue weighted by Gasteiger charge is -2.31. The summed E-state index contributed by atoms with van der Waals surface area (Å²) in [6, 6.07) is 19.3. The number of ketones is 1. The molecule has 1 fully saturated rings. The molecule has 4 aromatic rings. The minimum atomic E-state index is -0.572. The van der Waals surface area contributed by atoms with Crippen LogP contribution in [0.3, 0.4) is 0 Å². The average molecular weight is 511 g/mol. The third kappa shape index (κ3) is 5.85. The number of hydrogen-bond donors (Lipinski definition) is 3. The van der Waals surface area contributed by atoms with Crippen molar-refractivity contribution in [1.82, 2.24) is 20.3 Å². The molecule has 1 amide bonds. The topological polar surface area (TPSA) is 103 Å². The molecule has 3 N–H and O–H groups in total. The molecule has 1 saturated carbocycles. The van der Waals surface area contributed by atoms with Crippen LogP contribution in [0.2, 0.25) is 0 Å². The van der Waals surface area contributed by atoms with E-state index in [4.69, 9.17) is 0 Å². The number of carbonyl (C=O) groups is 2. The zero-order chi connectivity index (χ0) is 26.5. The van der Waals surface area contributed by atoms with Crippen molar-refractivity contribution in [2.75, 3.05) is 24.3 Å². The molecule has 8 nitrogen and oxygen atoms in total. The van der Waals surface area contributed by atoms with Gasteiger partial charge in [-0.1, -0.05) is 48.5 Å². The Morgan fingerprint density at radius 2 is 1.68 bits per heavy atom. The lowest BCUT2D eigenvalue weighted by atomic mass is 9.88. The number of para-hydroxylation sites is 1. The summed E-state index contributed by atoms with van der Waals surface area (Å²) < 4.78 is 0. The second kappa shape index (κ2) is 11.5. The van der Waals surface area contributed by atoms with Gasteiger partial charge in [0.05, 0.1) is 5.92 Å². The molecule has 38 heavy (non-hydrogen) atoms. The number of rotatable bonds is 9. The third-order valence-corrected chi connectivity index (χ3v) is 7.30. The molecule has 8 heteroatoms. The second-order valence-corrected chi connectivity index (χ2v) is 10.2. The number of anilines is 2. The lowest BCUT2D eigenvalue weighted by Crippen LogP contribution is -2.42. The van der Waals surface area contributed by atoms with Gasteiger partial charge in [-0.25, -0.2) is 4.98 Å². The number of Topliss-reactive ketones (excluding diaryl/α,β-unsaturated/α-hetero) is 1. The highest BCUT2D eigenvalue weighted by atomic mass is 16.2. The molecule has 0 spiro atoms. The molecular formula is C30H34N6O2. The van der Waals surface area contributed by atoms with E-state index < -0.39 is 5.92 Å². The number of nitrogens with one attached hydrogen (secondary N) is 3. The molecule has 0 radical (unpaired) electrons. The van der Waals surface area contributed by atoms with Crippen LogP contribution < -0.4 is 15.5 Å². The highest BCUT2D eigenvalue weighted by molar-refractivity contribution is 6.01.